The minimum Gasteiger partial charge on any atom is -0.361 e. The Morgan fingerprint density at radius 2 is 1.88 bits per heavy atom. The molecule has 0 amide bonds. The molecular formula is C18H26N4O2. The number of hydrogen-bond acceptors (Lipinski definition) is 5. The molecule has 0 atom stereocenters. The summed E-state index contributed by atoms with van der Waals surface area (Å²) >= 11 is 0. The molecule has 0 bridgehead atoms. The van der Waals surface area contributed by atoms with Gasteiger partial charge in [-0.1, -0.05) is 5.16 Å². The van der Waals surface area contributed by atoms with Gasteiger partial charge in [-0.15, -0.1) is 0 Å². The summed E-state index contributed by atoms with van der Waals surface area (Å²) in [4.78, 5) is 19.1. The lowest BCUT2D eigenvalue weighted by molar-refractivity contribution is 0.165. The highest BCUT2D eigenvalue weighted by molar-refractivity contribution is 5.20. The lowest BCUT2D eigenvalue weighted by Gasteiger charge is -2.32. The fourth-order valence-electron chi connectivity index (χ4n) is 3.36. The molecule has 0 aliphatic carbocycles. The molecule has 0 spiro atoms. The van der Waals surface area contributed by atoms with E-state index in [1.54, 1.807) is 10.9 Å². The number of nitrogens with zero attached hydrogens (tertiary/aromatic N) is 4. The van der Waals surface area contributed by atoms with Crippen molar-refractivity contribution in [1.29, 1.82) is 0 Å². The molecule has 1 aliphatic heterocycles. The summed E-state index contributed by atoms with van der Waals surface area (Å²) in [6, 6.07) is 0. The summed E-state index contributed by atoms with van der Waals surface area (Å²) in [6.07, 6.45) is 3.90. The largest absolute Gasteiger partial charge is 0.361 e. The molecule has 0 unspecified atom stereocenters. The third-order valence-corrected chi connectivity index (χ3v) is 5.24. The molecule has 1 saturated heterocycles. The first-order valence-corrected chi connectivity index (χ1v) is 8.62. The zero-order valence-electron chi connectivity index (χ0n) is 15.0. The molecule has 6 heteroatoms. The molecule has 3 rings (SSSR count). The van der Waals surface area contributed by atoms with Crippen LogP contribution in [0.1, 0.15) is 41.1 Å². The van der Waals surface area contributed by atoms with E-state index < -0.39 is 0 Å². The molecule has 6 nitrogen and oxygen atoms in total. The van der Waals surface area contributed by atoms with E-state index >= 15 is 0 Å². The predicted molar refractivity (Wildman–Crippen MR) is 91.9 cm³/mol. The number of likely N-dealkylation sites (tertiary alicyclic amines) is 1. The Morgan fingerprint density at radius 1 is 1.17 bits per heavy atom. The SMILES string of the molecule is Cc1noc(C)c1CN1CCC(Cn2cnc(C)c(C)c2=O)CC1. The highest BCUT2D eigenvalue weighted by Crippen LogP contribution is 2.22. The normalized spacial score (nSPS) is 16.7. The van der Waals surface area contributed by atoms with E-state index in [0.29, 0.717) is 5.92 Å². The fraction of sp³-hybridized carbons (Fsp3) is 0.611. The lowest BCUT2D eigenvalue weighted by Crippen LogP contribution is -2.36. The Kier molecular flexibility index (Phi) is 4.85. The zero-order valence-corrected chi connectivity index (χ0v) is 15.0. The van der Waals surface area contributed by atoms with Crippen LogP contribution in [0, 0.1) is 33.6 Å². The van der Waals surface area contributed by atoms with E-state index in [0.717, 1.165) is 61.7 Å². The summed E-state index contributed by atoms with van der Waals surface area (Å²) in [5.41, 5.74) is 3.88. The Morgan fingerprint density at radius 3 is 2.50 bits per heavy atom. The topological polar surface area (TPSA) is 64.2 Å². The van der Waals surface area contributed by atoms with Gasteiger partial charge in [0.1, 0.15) is 5.76 Å². The first-order chi connectivity index (χ1) is 11.5. The van der Waals surface area contributed by atoms with E-state index in [9.17, 15) is 4.79 Å². The van der Waals surface area contributed by atoms with Crippen LogP contribution in [-0.4, -0.2) is 32.7 Å². The van der Waals surface area contributed by atoms with Crippen LogP contribution >= 0.6 is 0 Å². The molecule has 0 N–H and O–H groups in total. The first-order valence-electron chi connectivity index (χ1n) is 8.62. The predicted octanol–water partition coefficient (Wildman–Crippen LogP) is 2.38. The second-order valence-corrected chi connectivity index (χ2v) is 6.93. The molecule has 1 fully saturated rings. The van der Waals surface area contributed by atoms with Crippen LogP contribution in [0.25, 0.3) is 0 Å². The third-order valence-electron chi connectivity index (χ3n) is 5.24. The molecule has 24 heavy (non-hydrogen) atoms. The van der Waals surface area contributed by atoms with Crippen LogP contribution in [0.5, 0.6) is 0 Å². The first kappa shape index (κ1) is 16.9. The molecular weight excluding hydrogens is 304 g/mol. The molecule has 0 radical (unpaired) electrons. The number of aromatic nitrogens is 3. The van der Waals surface area contributed by atoms with Gasteiger partial charge in [0, 0.05) is 29.9 Å². The summed E-state index contributed by atoms with van der Waals surface area (Å²) in [5.74, 6) is 1.45. The van der Waals surface area contributed by atoms with Crippen LogP contribution in [0.4, 0.5) is 0 Å². The lowest BCUT2D eigenvalue weighted by atomic mass is 9.96. The van der Waals surface area contributed by atoms with Gasteiger partial charge in [0.15, 0.2) is 0 Å². The summed E-state index contributed by atoms with van der Waals surface area (Å²) in [6.45, 7) is 11.5. The van der Waals surface area contributed by atoms with Gasteiger partial charge in [-0.05, 0) is 59.5 Å². The van der Waals surface area contributed by atoms with Crippen LogP contribution in [0.15, 0.2) is 15.6 Å². The molecule has 3 heterocycles. The van der Waals surface area contributed by atoms with Gasteiger partial charge >= 0.3 is 0 Å². The van der Waals surface area contributed by atoms with Crippen LogP contribution < -0.4 is 5.56 Å². The van der Waals surface area contributed by atoms with Gasteiger partial charge in [-0.25, -0.2) is 4.98 Å². The van der Waals surface area contributed by atoms with E-state index in [1.165, 1.54) is 5.56 Å². The molecule has 1 aliphatic rings. The van der Waals surface area contributed by atoms with Gasteiger partial charge in [0.05, 0.1) is 12.0 Å². The van der Waals surface area contributed by atoms with Crippen molar-refractivity contribution >= 4 is 0 Å². The Hall–Kier alpha value is -1.95. The van der Waals surface area contributed by atoms with Crippen LogP contribution in [-0.2, 0) is 13.1 Å². The number of hydrogen-bond donors (Lipinski definition) is 0. The third kappa shape index (κ3) is 3.43. The van der Waals surface area contributed by atoms with Crippen molar-refractivity contribution in [1.82, 2.24) is 19.6 Å². The highest BCUT2D eigenvalue weighted by atomic mass is 16.5. The maximum absolute atomic E-state index is 12.3. The number of aryl methyl sites for hydroxylation is 3. The fourth-order valence-corrected chi connectivity index (χ4v) is 3.36. The minimum absolute atomic E-state index is 0.0978. The van der Waals surface area contributed by atoms with Crippen LogP contribution in [0.2, 0.25) is 0 Å². The van der Waals surface area contributed by atoms with Crippen molar-refractivity contribution in [3.8, 4) is 0 Å². The zero-order chi connectivity index (χ0) is 17.3. The van der Waals surface area contributed by atoms with Crippen molar-refractivity contribution in [2.45, 2.75) is 53.6 Å². The Balaban J connectivity index is 1.58. The molecule has 2 aromatic rings. The molecule has 2 aromatic heterocycles. The van der Waals surface area contributed by atoms with Crippen LogP contribution in [0.3, 0.4) is 0 Å². The van der Waals surface area contributed by atoms with Gasteiger partial charge in [-0.2, -0.15) is 0 Å². The van der Waals surface area contributed by atoms with Crippen molar-refractivity contribution in [3.63, 3.8) is 0 Å². The minimum atomic E-state index is 0.0978. The summed E-state index contributed by atoms with van der Waals surface area (Å²) in [5, 5.41) is 4.03. The molecule has 130 valence electrons. The maximum Gasteiger partial charge on any atom is 0.256 e. The van der Waals surface area contributed by atoms with Crippen molar-refractivity contribution < 1.29 is 4.52 Å². The van der Waals surface area contributed by atoms with Gasteiger partial charge in [0.25, 0.3) is 5.56 Å². The molecule has 0 saturated carbocycles. The monoisotopic (exact) mass is 330 g/mol. The second kappa shape index (κ2) is 6.89. The quantitative estimate of drug-likeness (QED) is 0.861. The van der Waals surface area contributed by atoms with Gasteiger partial charge in [-0.3, -0.25) is 14.3 Å². The van der Waals surface area contributed by atoms with Gasteiger partial charge < -0.3 is 4.52 Å². The standard InChI is InChI=1S/C18H26N4O2/c1-12-13(2)19-11-22(18(12)23)9-16-5-7-21(8-6-16)10-17-14(3)20-24-15(17)4/h11,16H,5-10H2,1-4H3. The van der Waals surface area contributed by atoms with E-state index in [4.69, 9.17) is 4.52 Å². The maximum atomic E-state index is 12.3. The van der Waals surface area contributed by atoms with Crippen molar-refractivity contribution in [3.05, 3.63) is 45.0 Å². The van der Waals surface area contributed by atoms with E-state index in [-0.39, 0.29) is 5.56 Å². The van der Waals surface area contributed by atoms with Gasteiger partial charge in [0.2, 0.25) is 0 Å². The summed E-state index contributed by atoms with van der Waals surface area (Å²) in [7, 11) is 0. The van der Waals surface area contributed by atoms with Crippen molar-refractivity contribution in [2.24, 2.45) is 5.92 Å². The Bertz CT molecular complexity index is 750. The number of rotatable bonds is 4. The highest BCUT2D eigenvalue weighted by Gasteiger charge is 2.22. The molecule has 0 aromatic carbocycles. The second-order valence-electron chi connectivity index (χ2n) is 6.93. The van der Waals surface area contributed by atoms with E-state index in [2.05, 4.69) is 15.0 Å². The van der Waals surface area contributed by atoms with Crippen molar-refractivity contribution in [2.75, 3.05) is 13.1 Å². The number of piperidine rings is 1. The smallest absolute Gasteiger partial charge is 0.256 e. The summed E-state index contributed by atoms with van der Waals surface area (Å²) < 4.78 is 7.02. The average molecular weight is 330 g/mol. The average Bonchev–Trinajstić information content (AvgIpc) is 2.89. The Labute approximate surface area is 142 Å². The van der Waals surface area contributed by atoms with E-state index in [1.807, 2.05) is 27.7 Å².